The molecule has 24 heavy (non-hydrogen) atoms. The molecular formula is C15H20ClFN4O2S. The molecule has 0 spiro atoms. The van der Waals surface area contributed by atoms with E-state index in [4.69, 9.17) is 0 Å². The molecule has 0 saturated carbocycles. The van der Waals surface area contributed by atoms with Crippen LogP contribution in [0.4, 0.5) is 4.39 Å². The fourth-order valence-electron chi connectivity index (χ4n) is 2.64. The molecule has 0 aliphatic carbocycles. The number of aromatic nitrogens is 2. The van der Waals surface area contributed by atoms with E-state index in [1.54, 1.807) is 12.4 Å². The molecule has 1 aliphatic heterocycles. The number of sulfonamides is 1. The van der Waals surface area contributed by atoms with Crippen LogP contribution >= 0.6 is 12.4 Å². The van der Waals surface area contributed by atoms with Crippen LogP contribution in [0.2, 0.25) is 0 Å². The summed E-state index contributed by atoms with van der Waals surface area (Å²) in [5.41, 5.74) is 1.13. The van der Waals surface area contributed by atoms with Crippen LogP contribution in [0.3, 0.4) is 0 Å². The second kappa shape index (κ2) is 7.18. The van der Waals surface area contributed by atoms with Gasteiger partial charge >= 0.3 is 0 Å². The molecule has 2 heterocycles. The third kappa shape index (κ3) is 3.61. The number of aryl methyl sites for hydroxylation is 1. The Morgan fingerprint density at radius 2 is 2.12 bits per heavy atom. The SMILES string of the molecule is Cc1cnn(-c2ccc(S(=O)(=O)N3CCNC(C)C3)cc2F)c1.Cl. The summed E-state index contributed by atoms with van der Waals surface area (Å²) in [4.78, 5) is -0.0308. The number of hydrogen-bond acceptors (Lipinski definition) is 4. The van der Waals surface area contributed by atoms with Gasteiger partial charge < -0.3 is 5.32 Å². The van der Waals surface area contributed by atoms with Crippen molar-refractivity contribution in [3.8, 4) is 5.69 Å². The Kier molecular flexibility index (Phi) is 5.64. The highest BCUT2D eigenvalue weighted by molar-refractivity contribution is 7.89. The van der Waals surface area contributed by atoms with Crippen molar-refractivity contribution in [2.45, 2.75) is 24.8 Å². The zero-order valence-electron chi connectivity index (χ0n) is 13.4. The summed E-state index contributed by atoms with van der Waals surface area (Å²) >= 11 is 0. The van der Waals surface area contributed by atoms with Crippen molar-refractivity contribution >= 4 is 22.4 Å². The normalized spacial score (nSPS) is 19.0. The number of hydrogen-bond donors (Lipinski definition) is 1. The van der Waals surface area contributed by atoms with E-state index in [0.717, 1.165) is 11.6 Å². The van der Waals surface area contributed by atoms with Crippen LogP contribution in [-0.4, -0.2) is 48.2 Å². The topological polar surface area (TPSA) is 67.2 Å². The highest BCUT2D eigenvalue weighted by Crippen LogP contribution is 2.22. The molecule has 1 N–H and O–H groups in total. The van der Waals surface area contributed by atoms with Gasteiger partial charge in [-0.2, -0.15) is 9.40 Å². The molecule has 0 radical (unpaired) electrons. The predicted molar refractivity (Wildman–Crippen MR) is 91.7 cm³/mol. The summed E-state index contributed by atoms with van der Waals surface area (Å²) in [6, 6.07) is 4.02. The minimum absolute atomic E-state index is 0. The minimum Gasteiger partial charge on any atom is -0.312 e. The maximum atomic E-state index is 14.4. The lowest BCUT2D eigenvalue weighted by Gasteiger charge is -2.31. The number of piperazine rings is 1. The van der Waals surface area contributed by atoms with Gasteiger partial charge in [0.25, 0.3) is 0 Å². The fourth-order valence-corrected chi connectivity index (χ4v) is 4.18. The van der Waals surface area contributed by atoms with Crippen molar-refractivity contribution in [3.05, 3.63) is 42.0 Å². The smallest absolute Gasteiger partial charge is 0.243 e. The zero-order valence-corrected chi connectivity index (χ0v) is 15.1. The molecule has 1 aliphatic rings. The number of nitrogens with zero attached hydrogens (tertiary/aromatic N) is 3. The van der Waals surface area contributed by atoms with Crippen LogP contribution in [0.1, 0.15) is 12.5 Å². The van der Waals surface area contributed by atoms with Gasteiger partial charge in [-0.05, 0) is 37.6 Å². The highest BCUT2D eigenvalue weighted by Gasteiger charge is 2.29. The largest absolute Gasteiger partial charge is 0.312 e. The molecule has 1 aromatic carbocycles. The first kappa shape index (κ1) is 18.9. The summed E-state index contributed by atoms with van der Waals surface area (Å²) in [5.74, 6) is -0.614. The molecule has 1 aromatic heterocycles. The molecule has 0 bridgehead atoms. The third-order valence-electron chi connectivity index (χ3n) is 3.85. The molecule has 3 rings (SSSR count). The molecule has 1 saturated heterocycles. The average molecular weight is 375 g/mol. The second-order valence-electron chi connectivity index (χ2n) is 5.79. The van der Waals surface area contributed by atoms with E-state index in [0.29, 0.717) is 19.6 Å². The van der Waals surface area contributed by atoms with Crippen LogP contribution in [0.25, 0.3) is 5.69 Å². The van der Waals surface area contributed by atoms with Crippen molar-refractivity contribution < 1.29 is 12.8 Å². The van der Waals surface area contributed by atoms with Crippen LogP contribution < -0.4 is 5.32 Å². The van der Waals surface area contributed by atoms with E-state index in [9.17, 15) is 12.8 Å². The molecule has 1 fully saturated rings. The molecule has 6 nitrogen and oxygen atoms in total. The summed E-state index contributed by atoms with van der Waals surface area (Å²) < 4.78 is 42.4. The van der Waals surface area contributed by atoms with Crippen molar-refractivity contribution in [3.63, 3.8) is 0 Å². The van der Waals surface area contributed by atoms with E-state index >= 15 is 0 Å². The van der Waals surface area contributed by atoms with E-state index in [1.807, 2.05) is 13.8 Å². The van der Waals surface area contributed by atoms with Crippen LogP contribution in [-0.2, 0) is 10.0 Å². The number of rotatable bonds is 3. The number of halogens is 2. The van der Waals surface area contributed by atoms with Crippen LogP contribution in [0.15, 0.2) is 35.5 Å². The van der Waals surface area contributed by atoms with E-state index < -0.39 is 15.8 Å². The van der Waals surface area contributed by atoms with Crippen molar-refractivity contribution in [1.82, 2.24) is 19.4 Å². The first-order chi connectivity index (χ1) is 10.9. The fraction of sp³-hybridized carbons (Fsp3) is 0.400. The van der Waals surface area contributed by atoms with Gasteiger partial charge in [0.15, 0.2) is 0 Å². The minimum atomic E-state index is -3.69. The van der Waals surface area contributed by atoms with E-state index in [-0.39, 0.29) is 29.0 Å². The summed E-state index contributed by atoms with van der Waals surface area (Å²) in [6.07, 6.45) is 3.30. The summed E-state index contributed by atoms with van der Waals surface area (Å²) in [5, 5.41) is 7.24. The molecule has 0 amide bonds. The summed E-state index contributed by atoms with van der Waals surface area (Å²) in [6.45, 7) is 5.13. The lowest BCUT2D eigenvalue weighted by Crippen LogP contribution is -2.51. The van der Waals surface area contributed by atoms with Crippen molar-refractivity contribution in [2.24, 2.45) is 0 Å². The van der Waals surface area contributed by atoms with Gasteiger partial charge in [0.1, 0.15) is 11.5 Å². The number of benzene rings is 1. The first-order valence-electron chi connectivity index (χ1n) is 7.42. The molecule has 9 heteroatoms. The molecule has 1 atom stereocenters. The van der Waals surface area contributed by atoms with E-state index in [1.165, 1.54) is 21.1 Å². The average Bonchev–Trinajstić information content (AvgIpc) is 2.93. The van der Waals surface area contributed by atoms with Crippen molar-refractivity contribution in [2.75, 3.05) is 19.6 Å². The van der Waals surface area contributed by atoms with Gasteiger partial charge in [0.05, 0.1) is 11.1 Å². The lowest BCUT2D eigenvalue weighted by molar-refractivity contribution is 0.310. The lowest BCUT2D eigenvalue weighted by atomic mass is 10.3. The number of nitrogens with one attached hydrogen (secondary N) is 1. The van der Waals surface area contributed by atoms with Gasteiger partial charge in [-0.3, -0.25) is 0 Å². The Bertz CT molecular complexity index is 825. The van der Waals surface area contributed by atoms with Gasteiger partial charge in [-0.25, -0.2) is 17.5 Å². The maximum absolute atomic E-state index is 14.4. The Hall–Kier alpha value is -1.48. The standard InChI is InChI=1S/C15H19FN4O2S.ClH/c1-11-8-18-20(9-11)15-4-3-13(7-14(15)16)23(21,22)19-6-5-17-12(2)10-19;/h3-4,7-9,12,17H,5-6,10H2,1-2H3;1H. The van der Waals surface area contributed by atoms with E-state index in [2.05, 4.69) is 10.4 Å². The molecule has 1 unspecified atom stereocenters. The summed E-state index contributed by atoms with van der Waals surface area (Å²) in [7, 11) is -3.69. The molecule has 2 aromatic rings. The first-order valence-corrected chi connectivity index (χ1v) is 8.86. The Morgan fingerprint density at radius 3 is 2.71 bits per heavy atom. The zero-order chi connectivity index (χ0) is 16.6. The van der Waals surface area contributed by atoms with Gasteiger partial charge in [0, 0.05) is 31.9 Å². The van der Waals surface area contributed by atoms with Gasteiger partial charge in [0.2, 0.25) is 10.0 Å². The Labute approximate surface area is 147 Å². The Balaban J connectivity index is 0.00000208. The monoisotopic (exact) mass is 374 g/mol. The third-order valence-corrected chi connectivity index (χ3v) is 5.71. The Morgan fingerprint density at radius 1 is 1.38 bits per heavy atom. The molecule has 132 valence electrons. The highest BCUT2D eigenvalue weighted by atomic mass is 35.5. The predicted octanol–water partition coefficient (Wildman–Crippen LogP) is 1.72. The quantitative estimate of drug-likeness (QED) is 0.888. The van der Waals surface area contributed by atoms with Crippen molar-refractivity contribution in [1.29, 1.82) is 0 Å². The van der Waals surface area contributed by atoms with Gasteiger partial charge in [-0.15, -0.1) is 12.4 Å². The second-order valence-corrected chi connectivity index (χ2v) is 7.73. The molecular weight excluding hydrogens is 355 g/mol. The van der Waals surface area contributed by atoms with Crippen LogP contribution in [0, 0.1) is 12.7 Å². The van der Waals surface area contributed by atoms with Gasteiger partial charge in [-0.1, -0.05) is 0 Å². The maximum Gasteiger partial charge on any atom is 0.243 e. The van der Waals surface area contributed by atoms with Crippen LogP contribution in [0.5, 0.6) is 0 Å².